The lowest BCUT2D eigenvalue weighted by Crippen LogP contribution is -2.13. The minimum atomic E-state index is -0.339. The van der Waals surface area contributed by atoms with Crippen LogP contribution in [0.3, 0.4) is 0 Å². The first-order chi connectivity index (χ1) is 8.49. The normalized spacial score (nSPS) is 12.5. The van der Waals surface area contributed by atoms with Crippen molar-refractivity contribution in [1.82, 2.24) is 0 Å². The van der Waals surface area contributed by atoms with Gasteiger partial charge in [-0.15, -0.1) is 0 Å². The first-order valence-electron chi connectivity index (χ1n) is 5.45. The van der Waals surface area contributed by atoms with E-state index in [0.29, 0.717) is 10.6 Å². The smallest absolute Gasteiger partial charge is 0.127 e. The summed E-state index contributed by atoms with van der Waals surface area (Å²) in [7, 11) is 0. The zero-order valence-electron chi connectivity index (χ0n) is 9.75. The molecule has 18 heavy (non-hydrogen) atoms. The molecule has 0 radical (unpaired) electrons. The molecule has 1 unspecified atom stereocenters. The number of hydrogen-bond acceptors (Lipinski definition) is 1. The highest BCUT2D eigenvalue weighted by Crippen LogP contribution is 2.29. The maximum Gasteiger partial charge on any atom is 0.127 e. The Labute approximate surface area is 124 Å². The van der Waals surface area contributed by atoms with Crippen LogP contribution in [0.15, 0.2) is 36.4 Å². The van der Waals surface area contributed by atoms with Crippen LogP contribution in [0.25, 0.3) is 0 Å². The summed E-state index contributed by atoms with van der Waals surface area (Å²) in [5.74, 6) is -0.307. The fraction of sp³-hybridized carbons (Fsp3) is 0.143. The second kappa shape index (κ2) is 5.55. The Morgan fingerprint density at radius 3 is 2.44 bits per heavy atom. The molecule has 0 saturated heterocycles. The highest BCUT2D eigenvalue weighted by Gasteiger charge is 2.14. The summed E-state index contributed by atoms with van der Waals surface area (Å²) >= 11 is 8.29. The second-order valence-electron chi connectivity index (χ2n) is 4.15. The van der Waals surface area contributed by atoms with E-state index in [-0.39, 0.29) is 11.9 Å². The Hall–Kier alpha value is -0.650. The third-order valence-electron chi connectivity index (χ3n) is 2.84. The van der Waals surface area contributed by atoms with Crippen molar-refractivity contribution in [3.05, 3.63) is 67.5 Å². The summed E-state index contributed by atoms with van der Waals surface area (Å²) in [5.41, 5.74) is 8.44. The molecule has 0 aromatic heterocycles. The number of nitrogens with two attached hydrogens (primary N) is 1. The molecule has 0 saturated carbocycles. The fourth-order valence-electron chi connectivity index (χ4n) is 1.77. The third kappa shape index (κ3) is 2.84. The first-order valence-corrected chi connectivity index (χ1v) is 6.91. The highest BCUT2D eigenvalue weighted by atomic mass is 127. The quantitative estimate of drug-likeness (QED) is 0.772. The molecule has 4 heteroatoms. The van der Waals surface area contributed by atoms with E-state index < -0.39 is 0 Å². The first kappa shape index (κ1) is 13.8. The molecule has 0 heterocycles. The van der Waals surface area contributed by atoms with Crippen LogP contribution in [0.1, 0.15) is 22.7 Å². The van der Waals surface area contributed by atoms with Gasteiger partial charge in [0.15, 0.2) is 0 Å². The van der Waals surface area contributed by atoms with Crippen LogP contribution in [0.5, 0.6) is 0 Å². The van der Waals surface area contributed by atoms with Crippen LogP contribution in [0.2, 0.25) is 5.02 Å². The van der Waals surface area contributed by atoms with Crippen LogP contribution in [-0.4, -0.2) is 0 Å². The molecular formula is C14H12ClFIN. The Kier molecular flexibility index (Phi) is 4.25. The van der Waals surface area contributed by atoms with Crippen LogP contribution in [-0.2, 0) is 0 Å². The zero-order chi connectivity index (χ0) is 13.3. The van der Waals surface area contributed by atoms with Crippen LogP contribution >= 0.6 is 34.2 Å². The summed E-state index contributed by atoms with van der Waals surface area (Å²) in [5, 5.41) is 0.365. The van der Waals surface area contributed by atoms with Crippen molar-refractivity contribution in [1.29, 1.82) is 0 Å². The van der Waals surface area contributed by atoms with Gasteiger partial charge in [-0.1, -0.05) is 23.7 Å². The van der Waals surface area contributed by atoms with E-state index in [4.69, 9.17) is 17.3 Å². The van der Waals surface area contributed by atoms with Gasteiger partial charge in [-0.3, -0.25) is 0 Å². The van der Waals surface area contributed by atoms with Crippen LogP contribution < -0.4 is 5.73 Å². The van der Waals surface area contributed by atoms with Gasteiger partial charge in [0.25, 0.3) is 0 Å². The second-order valence-corrected chi connectivity index (χ2v) is 5.80. The van der Waals surface area contributed by atoms with E-state index in [1.165, 1.54) is 6.07 Å². The average molecular weight is 376 g/mol. The fourth-order valence-corrected chi connectivity index (χ4v) is 2.40. The van der Waals surface area contributed by atoms with E-state index in [0.717, 1.165) is 14.7 Å². The summed E-state index contributed by atoms with van der Waals surface area (Å²) in [6.45, 7) is 1.70. The summed E-state index contributed by atoms with van der Waals surface area (Å²) in [6, 6.07) is 10.6. The molecule has 94 valence electrons. The standard InChI is InChI=1S/C14H12ClFIN/c1-8-6-11(12(15)7-13(8)16)14(18)9-2-4-10(17)5-3-9/h2-7,14H,18H2,1H3. The topological polar surface area (TPSA) is 26.0 Å². The van der Waals surface area contributed by atoms with Gasteiger partial charge >= 0.3 is 0 Å². The van der Waals surface area contributed by atoms with Gasteiger partial charge in [-0.25, -0.2) is 4.39 Å². The molecule has 2 aromatic rings. The van der Waals surface area contributed by atoms with Crippen molar-refractivity contribution < 1.29 is 4.39 Å². The largest absolute Gasteiger partial charge is 0.320 e. The zero-order valence-corrected chi connectivity index (χ0v) is 12.7. The van der Waals surface area contributed by atoms with Crippen molar-refractivity contribution in [3.63, 3.8) is 0 Å². The highest BCUT2D eigenvalue weighted by molar-refractivity contribution is 14.1. The Bertz CT molecular complexity index is 569. The molecule has 0 aliphatic carbocycles. The lowest BCUT2D eigenvalue weighted by molar-refractivity contribution is 0.617. The molecule has 0 aliphatic rings. The minimum Gasteiger partial charge on any atom is -0.320 e. The van der Waals surface area contributed by atoms with Crippen molar-refractivity contribution >= 4 is 34.2 Å². The maximum atomic E-state index is 13.4. The van der Waals surface area contributed by atoms with Gasteiger partial charge in [-0.05, 0) is 70.5 Å². The number of hydrogen-bond donors (Lipinski definition) is 1. The molecular weight excluding hydrogens is 364 g/mol. The molecule has 1 atom stereocenters. The average Bonchev–Trinajstić information content (AvgIpc) is 2.34. The van der Waals surface area contributed by atoms with Crippen LogP contribution in [0.4, 0.5) is 4.39 Å². The molecule has 2 aromatic carbocycles. The summed E-state index contributed by atoms with van der Waals surface area (Å²) in [6.07, 6.45) is 0. The van der Waals surface area contributed by atoms with Crippen molar-refractivity contribution in [2.24, 2.45) is 5.73 Å². The number of benzene rings is 2. The Balaban J connectivity index is 2.42. The van der Waals surface area contributed by atoms with Gasteiger partial charge in [0.05, 0.1) is 6.04 Å². The lowest BCUT2D eigenvalue weighted by Gasteiger charge is -2.15. The summed E-state index contributed by atoms with van der Waals surface area (Å²) < 4.78 is 14.5. The van der Waals surface area contributed by atoms with Gasteiger partial charge in [0.2, 0.25) is 0 Å². The van der Waals surface area contributed by atoms with Gasteiger partial charge in [0, 0.05) is 8.59 Å². The molecule has 0 spiro atoms. The Morgan fingerprint density at radius 2 is 1.83 bits per heavy atom. The molecule has 1 nitrogen and oxygen atoms in total. The predicted molar refractivity (Wildman–Crippen MR) is 81.3 cm³/mol. The number of halogens is 3. The van der Waals surface area contributed by atoms with E-state index >= 15 is 0 Å². The predicted octanol–water partition coefficient (Wildman–Crippen LogP) is 4.44. The van der Waals surface area contributed by atoms with Gasteiger partial charge in [-0.2, -0.15) is 0 Å². The number of rotatable bonds is 2. The summed E-state index contributed by atoms with van der Waals surface area (Å²) in [4.78, 5) is 0. The van der Waals surface area contributed by atoms with Gasteiger partial charge in [0.1, 0.15) is 5.82 Å². The molecule has 2 rings (SSSR count). The Morgan fingerprint density at radius 1 is 1.22 bits per heavy atom. The third-order valence-corrected chi connectivity index (χ3v) is 3.89. The lowest BCUT2D eigenvalue weighted by atomic mass is 9.98. The molecule has 0 aliphatic heterocycles. The molecule has 0 fully saturated rings. The van der Waals surface area contributed by atoms with Gasteiger partial charge < -0.3 is 5.73 Å². The van der Waals surface area contributed by atoms with E-state index in [1.54, 1.807) is 13.0 Å². The SMILES string of the molecule is Cc1cc(C(N)c2ccc(I)cc2)c(Cl)cc1F. The van der Waals surface area contributed by atoms with E-state index in [1.807, 2.05) is 24.3 Å². The molecule has 0 amide bonds. The van der Waals surface area contributed by atoms with Crippen molar-refractivity contribution in [3.8, 4) is 0 Å². The van der Waals surface area contributed by atoms with E-state index in [2.05, 4.69) is 22.6 Å². The van der Waals surface area contributed by atoms with Crippen molar-refractivity contribution in [2.45, 2.75) is 13.0 Å². The molecule has 2 N–H and O–H groups in total. The van der Waals surface area contributed by atoms with E-state index in [9.17, 15) is 4.39 Å². The van der Waals surface area contributed by atoms with Crippen molar-refractivity contribution in [2.75, 3.05) is 0 Å². The monoisotopic (exact) mass is 375 g/mol. The number of aryl methyl sites for hydroxylation is 1. The van der Waals surface area contributed by atoms with Crippen LogP contribution in [0, 0.1) is 16.3 Å². The molecule has 0 bridgehead atoms. The maximum absolute atomic E-state index is 13.4. The minimum absolute atomic E-state index is 0.307.